The average Bonchev–Trinajstić information content (AvgIpc) is 2.47. The zero-order valence-electron chi connectivity index (χ0n) is 13.0. The Hall–Kier alpha value is -1.40. The summed E-state index contributed by atoms with van der Waals surface area (Å²) in [4.78, 5) is 12.2. The number of nitrogens with one attached hydrogen (secondary N) is 1. The minimum absolute atomic E-state index is 0.153. The highest BCUT2D eigenvalue weighted by Crippen LogP contribution is 2.17. The maximum absolute atomic E-state index is 12.2. The number of aryl methyl sites for hydroxylation is 1. The zero-order chi connectivity index (χ0) is 16.2. The molecule has 1 N–H and O–H groups in total. The van der Waals surface area contributed by atoms with E-state index in [-0.39, 0.29) is 11.9 Å². The molecular weight excluding hydrogens is 302 g/mol. The van der Waals surface area contributed by atoms with Crippen molar-refractivity contribution >= 4 is 15.9 Å². The summed E-state index contributed by atoms with van der Waals surface area (Å²) in [5, 5.41) is 0. The minimum atomic E-state index is -3.67. The summed E-state index contributed by atoms with van der Waals surface area (Å²) >= 11 is 0. The van der Waals surface area contributed by atoms with Crippen LogP contribution in [0.15, 0.2) is 24.3 Å². The van der Waals surface area contributed by atoms with E-state index in [9.17, 15) is 13.2 Å². The summed E-state index contributed by atoms with van der Waals surface area (Å²) in [7, 11) is -3.67. The van der Waals surface area contributed by atoms with Crippen LogP contribution in [0.3, 0.4) is 0 Å². The van der Waals surface area contributed by atoms with E-state index in [1.54, 1.807) is 6.92 Å². The van der Waals surface area contributed by atoms with Gasteiger partial charge < -0.3 is 4.74 Å². The highest BCUT2D eigenvalue weighted by molar-refractivity contribution is 7.90. The van der Waals surface area contributed by atoms with Gasteiger partial charge in [-0.25, -0.2) is 8.42 Å². The first-order valence-electron chi connectivity index (χ1n) is 7.60. The molecule has 0 aromatic heterocycles. The molecule has 5 nitrogen and oxygen atoms in total. The van der Waals surface area contributed by atoms with Crippen molar-refractivity contribution in [3.63, 3.8) is 0 Å². The van der Waals surface area contributed by atoms with Crippen LogP contribution >= 0.6 is 0 Å². The van der Waals surface area contributed by atoms with Crippen molar-refractivity contribution in [2.45, 2.75) is 45.1 Å². The number of rotatable bonds is 5. The number of ether oxygens (including phenoxy) is 1. The maximum Gasteiger partial charge on any atom is 0.240 e. The van der Waals surface area contributed by atoms with Crippen LogP contribution in [0.2, 0.25) is 0 Å². The van der Waals surface area contributed by atoms with Crippen molar-refractivity contribution in [2.75, 3.05) is 12.4 Å². The predicted molar refractivity (Wildman–Crippen MR) is 85.1 cm³/mol. The fourth-order valence-corrected chi connectivity index (χ4v) is 3.79. The molecule has 1 aromatic carbocycles. The molecule has 1 saturated heterocycles. The Bertz CT molecular complexity index is 604. The lowest BCUT2D eigenvalue weighted by molar-refractivity contribution is -0.120. The van der Waals surface area contributed by atoms with E-state index in [0.29, 0.717) is 6.61 Å². The van der Waals surface area contributed by atoms with Gasteiger partial charge in [-0.2, -0.15) is 0 Å². The first kappa shape index (κ1) is 17.0. The van der Waals surface area contributed by atoms with Crippen LogP contribution in [0.4, 0.5) is 0 Å². The first-order valence-corrected chi connectivity index (χ1v) is 9.25. The first-order chi connectivity index (χ1) is 10.4. The molecule has 1 aromatic rings. The van der Waals surface area contributed by atoms with Crippen molar-refractivity contribution in [1.29, 1.82) is 0 Å². The van der Waals surface area contributed by atoms with E-state index in [1.807, 2.05) is 31.2 Å². The van der Waals surface area contributed by atoms with E-state index in [2.05, 4.69) is 4.72 Å². The molecule has 22 heavy (non-hydrogen) atoms. The quantitative estimate of drug-likeness (QED) is 0.900. The van der Waals surface area contributed by atoms with Crippen molar-refractivity contribution in [2.24, 2.45) is 0 Å². The fraction of sp³-hybridized carbons (Fsp3) is 0.562. The maximum atomic E-state index is 12.2. The van der Waals surface area contributed by atoms with Crippen molar-refractivity contribution in [3.8, 4) is 0 Å². The molecule has 1 heterocycles. The van der Waals surface area contributed by atoms with Gasteiger partial charge in [0, 0.05) is 6.61 Å². The normalized spacial score (nSPS) is 20.4. The van der Waals surface area contributed by atoms with E-state index < -0.39 is 21.8 Å². The molecule has 1 aliphatic rings. The lowest BCUT2D eigenvalue weighted by Gasteiger charge is -2.22. The number of hydrogen-bond acceptors (Lipinski definition) is 4. The zero-order valence-corrected chi connectivity index (χ0v) is 13.9. The van der Waals surface area contributed by atoms with Gasteiger partial charge in [0.2, 0.25) is 15.9 Å². The molecule has 1 amide bonds. The Morgan fingerprint density at radius 2 is 2.00 bits per heavy atom. The number of carbonyl (C=O) groups is 1. The summed E-state index contributed by atoms with van der Waals surface area (Å²) < 4.78 is 31.8. The van der Waals surface area contributed by atoms with E-state index in [4.69, 9.17) is 4.74 Å². The third-order valence-electron chi connectivity index (χ3n) is 3.91. The highest BCUT2D eigenvalue weighted by Gasteiger charge is 2.26. The lowest BCUT2D eigenvalue weighted by atomic mass is 10.00. The monoisotopic (exact) mass is 325 g/mol. The summed E-state index contributed by atoms with van der Waals surface area (Å²) in [6.45, 7) is 4.25. The van der Waals surface area contributed by atoms with Gasteiger partial charge in [0.05, 0.1) is 17.8 Å². The van der Waals surface area contributed by atoms with Crippen molar-refractivity contribution in [1.82, 2.24) is 4.72 Å². The van der Waals surface area contributed by atoms with Crippen LogP contribution in [0.1, 0.15) is 43.2 Å². The summed E-state index contributed by atoms with van der Waals surface area (Å²) in [5.74, 6) is -1.17. The second-order valence-corrected chi connectivity index (χ2v) is 7.64. The van der Waals surface area contributed by atoms with Crippen LogP contribution < -0.4 is 4.72 Å². The van der Waals surface area contributed by atoms with Gasteiger partial charge in [0.15, 0.2) is 0 Å². The Balaban J connectivity index is 1.95. The van der Waals surface area contributed by atoms with Crippen LogP contribution in [0, 0.1) is 6.92 Å². The largest absolute Gasteiger partial charge is 0.377 e. The van der Waals surface area contributed by atoms with Gasteiger partial charge in [0.1, 0.15) is 0 Å². The second kappa shape index (κ2) is 7.24. The number of benzene rings is 1. The minimum Gasteiger partial charge on any atom is -0.377 e. The lowest BCUT2D eigenvalue weighted by Crippen LogP contribution is -2.39. The van der Waals surface area contributed by atoms with E-state index >= 15 is 0 Å². The molecule has 0 spiro atoms. The smallest absolute Gasteiger partial charge is 0.240 e. The topological polar surface area (TPSA) is 72.5 Å². The number of carbonyl (C=O) groups excluding carboxylic acids is 1. The second-order valence-electron chi connectivity index (χ2n) is 5.87. The fourth-order valence-electron chi connectivity index (χ4n) is 2.47. The predicted octanol–water partition coefficient (Wildman–Crippen LogP) is 2.11. The van der Waals surface area contributed by atoms with Gasteiger partial charge in [-0.05, 0) is 38.7 Å². The standard InChI is InChI=1S/C16H23NO4S/c1-12-6-8-14(9-7-12)13(2)16(18)17-22(19,20)11-15-5-3-4-10-21-15/h6-9,13,15H,3-5,10-11H2,1-2H3,(H,17,18)/t13-,15-/m0/s1. The third kappa shape index (κ3) is 4.81. The molecule has 1 aliphatic heterocycles. The Morgan fingerprint density at radius 1 is 1.32 bits per heavy atom. The molecular formula is C16H23NO4S. The van der Waals surface area contributed by atoms with Gasteiger partial charge in [-0.15, -0.1) is 0 Å². The van der Waals surface area contributed by atoms with Gasteiger partial charge in [-0.1, -0.05) is 29.8 Å². The number of sulfonamides is 1. The summed E-state index contributed by atoms with van der Waals surface area (Å²) in [5.41, 5.74) is 1.89. The molecule has 6 heteroatoms. The molecule has 0 saturated carbocycles. The summed E-state index contributed by atoms with van der Waals surface area (Å²) in [6, 6.07) is 7.50. The molecule has 2 atom stereocenters. The molecule has 1 fully saturated rings. The van der Waals surface area contributed by atoms with Crippen LogP contribution in [0.25, 0.3) is 0 Å². The number of amides is 1. The highest BCUT2D eigenvalue weighted by atomic mass is 32.2. The van der Waals surface area contributed by atoms with Crippen molar-refractivity contribution in [3.05, 3.63) is 35.4 Å². The van der Waals surface area contributed by atoms with Crippen molar-refractivity contribution < 1.29 is 17.9 Å². The van der Waals surface area contributed by atoms with Gasteiger partial charge in [-0.3, -0.25) is 9.52 Å². The van der Waals surface area contributed by atoms with Crippen LogP contribution in [0.5, 0.6) is 0 Å². The van der Waals surface area contributed by atoms with Crippen LogP contribution in [-0.4, -0.2) is 32.8 Å². The molecule has 0 radical (unpaired) electrons. The Morgan fingerprint density at radius 3 is 2.59 bits per heavy atom. The molecule has 0 bridgehead atoms. The molecule has 0 aliphatic carbocycles. The van der Waals surface area contributed by atoms with Crippen LogP contribution in [-0.2, 0) is 19.6 Å². The Labute approximate surface area is 132 Å². The third-order valence-corrected chi connectivity index (χ3v) is 5.23. The van der Waals surface area contributed by atoms with E-state index in [0.717, 1.165) is 30.4 Å². The molecule has 0 unspecified atom stereocenters. The van der Waals surface area contributed by atoms with Gasteiger partial charge in [0.25, 0.3) is 0 Å². The molecule has 122 valence electrons. The van der Waals surface area contributed by atoms with Gasteiger partial charge >= 0.3 is 0 Å². The number of hydrogen-bond donors (Lipinski definition) is 1. The summed E-state index contributed by atoms with van der Waals surface area (Å²) in [6.07, 6.45) is 2.35. The van der Waals surface area contributed by atoms with E-state index in [1.165, 1.54) is 0 Å². The average molecular weight is 325 g/mol. The molecule has 2 rings (SSSR count). The Kier molecular flexibility index (Phi) is 5.58. The SMILES string of the molecule is Cc1ccc([C@H](C)C(=O)NS(=O)(=O)C[C@@H]2CCCCO2)cc1.